The van der Waals surface area contributed by atoms with Gasteiger partial charge in [-0.3, -0.25) is 9.59 Å². The summed E-state index contributed by atoms with van der Waals surface area (Å²) in [7, 11) is 0. The summed E-state index contributed by atoms with van der Waals surface area (Å²) in [5, 5.41) is 8.63. The van der Waals surface area contributed by atoms with Gasteiger partial charge in [-0.25, -0.2) is 0 Å². The molecule has 3 N–H and O–H groups in total. The third-order valence-corrected chi connectivity index (χ3v) is 3.64. The van der Waals surface area contributed by atoms with Crippen LogP contribution >= 0.6 is 0 Å². The van der Waals surface area contributed by atoms with Crippen molar-refractivity contribution in [2.75, 3.05) is 30.3 Å². The molecule has 6 nitrogen and oxygen atoms in total. The number of benzene rings is 2. The predicted molar refractivity (Wildman–Crippen MR) is 108 cm³/mol. The maximum absolute atomic E-state index is 12.1. The Kier molecular flexibility index (Phi) is 7.67. The molecule has 0 aromatic heterocycles. The molecule has 0 aliphatic rings. The molecule has 0 aliphatic heterocycles. The van der Waals surface area contributed by atoms with Gasteiger partial charge in [0.05, 0.1) is 13.2 Å². The molecule has 144 valence electrons. The zero-order valence-electron chi connectivity index (χ0n) is 16.0. The van der Waals surface area contributed by atoms with Gasteiger partial charge in [-0.2, -0.15) is 0 Å². The molecule has 27 heavy (non-hydrogen) atoms. The van der Waals surface area contributed by atoms with Gasteiger partial charge in [0.2, 0.25) is 5.91 Å². The van der Waals surface area contributed by atoms with Crippen LogP contribution in [0.5, 0.6) is 5.75 Å². The van der Waals surface area contributed by atoms with Crippen LogP contribution in [0.15, 0.2) is 48.5 Å². The zero-order valence-corrected chi connectivity index (χ0v) is 16.0. The number of hydrogen-bond acceptors (Lipinski definition) is 4. The first kappa shape index (κ1) is 20.3. The van der Waals surface area contributed by atoms with Crippen LogP contribution in [0, 0.1) is 5.92 Å². The summed E-state index contributed by atoms with van der Waals surface area (Å²) in [5.74, 6) is 0.896. The van der Waals surface area contributed by atoms with E-state index in [1.807, 2.05) is 25.1 Å². The van der Waals surface area contributed by atoms with Crippen molar-refractivity contribution < 1.29 is 14.3 Å². The fraction of sp³-hybridized carbons (Fsp3) is 0.333. The summed E-state index contributed by atoms with van der Waals surface area (Å²) >= 11 is 0. The molecule has 2 amide bonds. The Morgan fingerprint density at radius 2 is 1.78 bits per heavy atom. The molecule has 0 bridgehead atoms. The van der Waals surface area contributed by atoms with Crippen LogP contribution in [-0.2, 0) is 4.79 Å². The summed E-state index contributed by atoms with van der Waals surface area (Å²) in [4.78, 5) is 23.9. The lowest BCUT2D eigenvalue weighted by Crippen LogP contribution is -2.23. The average Bonchev–Trinajstić information content (AvgIpc) is 2.65. The Balaban J connectivity index is 1.84. The summed E-state index contributed by atoms with van der Waals surface area (Å²) in [6.07, 6.45) is 0. The van der Waals surface area contributed by atoms with Gasteiger partial charge in [-0.1, -0.05) is 19.9 Å². The molecule has 2 aromatic carbocycles. The number of carbonyl (C=O) groups excluding carboxylic acids is 2. The van der Waals surface area contributed by atoms with Crippen molar-refractivity contribution in [3.63, 3.8) is 0 Å². The molecular formula is C21H27N3O3. The molecule has 6 heteroatoms. The van der Waals surface area contributed by atoms with Gasteiger partial charge in [-0.05, 0) is 49.2 Å². The number of ether oxygens (including phenoxy) is 1. The normalized spacial score (nSPS) is 10.4. The second-order valence-electron chi connectivity index (χ2n) is 6.57. The smallest absolute Gasteiger partial charge is 0.251 e. The summed E-state index contributed by atoms with van der Waals surface area (Å²) in [6, 6.07) is 14.3. The van der Waals surface area contributed by atoms with E-state index in [2.05, 4.69) is 29.8 Å². The summed E-state index contributed by atoms with van der Waals surface area (Å²) < 4.78 is 5.67. The molecule has 0 spiro atoms. The monoisotopic (exact) mass is 369 g/mol. The lowest BCUT2D eigenvalue weighted by molar-refractivity contribution is -0.114. The number of carbonyl (C=O) groups is 2. The van der Waals surface area contributed by atoms with E-state index in [9.17, 15) is 9.59 Å². The fourth-order valence-corrected chi connectivity index (χ4v) is 2.32. The molecule has 0 atom stereocenters. The van der Waals surface area contributed by atoms with Gasteiger partial charge < -0.3 is 20.7 Å². The topological polar surface area (TPSA) is 79.5 Å². The highest BCUT2D eigenvalue weighted by molar-refractivity contribution is 5.95. The van der Waals surface area contributed by atoms with Crippen LogP contribution in [0.1, 0.15) is 31.1 Å². The van der Waals surface area contributed by atoms with Crippen molar-refractivity contribution >= 4 is 23.2 Å². The summed E-state index contributed by atoms with van der Waals surface area (Å²) in [5.41, 5.74) is 2.05. The van der Waals surface area contributed by atoms with Gasteiger partial charge in [0.25, 0.3) is 5.91 Å². The predicted octanol–water partition coefficient (Wildman–Crippen LogP) is 3.52. The maximum atomic E-state index is 12.1. The highest BCUT2D eigenvalue weighted by Gasteiger charge is 2.06. The molecule has 0 heterocycles. The van der Waals surface area contributed by atoms with E-state index in [1.54, 1.807) is 30.3 Å². The van der Waals surface area contributed by atoms with Crippen molar-refractivity contribution in [3.8, 4) is 5.75 Å². The minimum atomic E-state index is -0.163. The Morgan fingerprint density at radius 3 is 2.44 bits per heavy atom. The molecule has 0 fully saturated rings. The molecule has 0 saturated heterocycles. The highest BCUT2D eigenvalue weighted by Crippen LogP contribution is 2.18. The van der Waals surface area contributed by atoms with Crippen LogP contribution in [-0.4, -0.2) is 31.5 Å². The van der Waals surface area contributed by atoms with Crippen LogP contribution in [0.25, 0.3) is 0 Å². The first-order valence-corrected chi connectivity index (χ1v) is 9.12. The Labute approximate surface area is 160 Å². The van der Waals surface area contributed by atoms with E-state index in [0.717, 1.165) is 11.4 Å². The summed E-state index contributed by atoms with van der Waals surface area (Å²) in [6.45, 7) is 7.38. The fourth-order valence-electron chi connectivity index (χ4n) is 2.32. The van der Waals surface area contributed by atoms with Crippen molar-refractivity contribution in [2.45, 2.75) is 20.8 Å². The van der Waals surface area contributed by atoms with E-state index in [0.29, 0.717) is 30.3 Å². The SMILES string of the molecule is CCNC(=O)c1ccc(NCC(=O)Nc2cccc(OCC(C)C)c2)cc1. The molecule has 0 saturated carbocycles. The van der Waals surface area contributed by atoms with E-state index in [4.69, 9.17) is 4.74 Å². The van der Waals surface area contributed by atoms with Crippen LogP contribution in [0.3, 0.4) is 0 Å². The van der Waals surface area contributed by atoms with Gasteiger partial charge in [0.1, 0.15) is 5.75 Å². The van der Waals surface area contributed by atoms with E-state index >= 15 is 0 Å². The van der Waals surface area contributed by atoms with Gasteiger partial charge in [0, 0.05) is 29.5 Å². The molecule has 0 unspecified atom stereocenters. The first-order chi connectivity index (χ1) is 13.0. The van der Waals surface area contributed by atoms with Crippen molar-refractivity contribution in [1.29, 1.82) is 0 Å². The Bertz CT molecular complexity index is 758. The molecule has 2 aromatic rings. The second kappa shape index (κ2) is 10.2. The van der Waals surface area contributed by atoms with Gasteiger partial charge in [0.15, 0.2) is 0 Å². The van der Waals surface area contributed by atoms with Crippen LogP contribution in [0.4, 0.5) is 11.4 Å². The van der Waals surface area contributed by atoms with Crippen molar-refractivity contribution in [2.24, 2.45) is 5.92 Å². The number of anilines is 2. The third-order valence-electron chi connectivity index (χ3n) is 3.64. The molecular weight excluding hydrogens is 342 g/mol. The van der Waals surface area contributed by atoms with Gasteiger partial charge in [-0.15, -0.1) is 0 Å². The number of hydrogen-bond donors (Lipinski definition) is 3. The molecule has 0 radical (unpaired) electrons. The largest absolute Gasteiger partial charge is 0.493 e. The van der Waals surface area contributed by atoms with Crippen molar-refractivity contribution in [1.82, 2.24) is 5.32 Å². The van der Waals surface area contributed by atoms with Gasteiger partial charge >= 0.3 is 0 Å². The number of amides is 2. The highest BCUT2D eigenvalue weighted by atomic mass is 16.5. The van der Waals surface area contributed by atoms with E-state index in [1.165, 1.54) is 0 Å². The maximum Gasteiger partial charge on any atom is 0.251 e. The average molecular weight is 369 g/mol. The quantitative estimate of drug-likeness (QED) is 0.632. The minimum absolute atomic E-state index is 0.110. The van der Waals surface area contributed by atoms with Crippen molar-refractivity contribution in [3.05, 3.63) is 54.1 Å². The Morgan fingerprint density at radius 1 is 1.04 bits per heavy atom. The molecule has 0 aliphatic carbocycles. The van der Waals surface area contributed by atoms with Crippen LogP contribution in [0.2, 0.25) is 0 Å². The van der Waals surface area contributed by atoms with Crippen LogP contribution < -0.4 is 20.7 Å². The second-order valence-corrected chi connectivity index (χ2v) is 6.57. The number of rotatable bonds is 9. The first-order valence-electron chi connectivity index (χ1n) is 9.12. The van der Waals surface area contributed by atoms with E-state index in [-0.39, 0.29) is 18.4 Å². The standard InChI is InChI=1S/C21H27N3O3/c1-4-22-21(26)16-8-10-17(11-9-16)23-13-20(25)24-18-6-5-7-19(12-18)27-14-15(2)3/h5-12,15,23H,4,13-14H2,1-3H3,(H,22,26)(H,24,25). The minimum Gasteiger partial charge on any atom is -0.493 e. The zero-order chi connectivity index (χ0) is 19.6. The van der Waals surface area contributed by atoms with E-state index < -0.39 is 0 Å². The molecule has 2 rings (SSSR count). The Hall–Kier alpha value is -3.02. The third kappa shape index (κ3) is 7.01. The lowest BCUT2D eigenvalue weighted by Gasteiger charge is -2.11. The number of nitrogens with one attached hydrogen (secondary N) is 3. The lowest BCUT2D eigenvalue weighted by atomic mass is 10.2.